The van der Waals surface area contributed by atoms with Crippen molar-refractivity contribution in [2.45, 2.75) is 38.4 Å². The van der Waals surface area contributed by atoms with Gasteiger partial charge in [0.2, 0.25) is 0 Å². The Hall–Kier alpha value is -0.380. The molecule has 1 aliphatic heterocycles. The number of aliphatic hydroxyl groups is 1. The van der Waals surface area contributed by atoms with E-state index >= 15 is 0 Å². The number of hydrogen-bond acceptors (Lipinski definition) is 3. The average Bonchev–Trinajstić information content (AvgIpc) is 2.62. The third-order valence-corrected chi connectivity index (χ3v) is 3.86. The minimum Gasteiger partial charge on any atom is -0.387 e. The minimum absolute atomic E-state index is 0.0392. The molecule has 2 rings (SSSR count). The number of hydrogen-bond donors (Lipinski definition) is 1. The van der Waals surface area contributed by atoms with Crippen LogP contribution in [-0.4, -0.2) is 23.4 Å². The Labute approximate surface area is 88.5 Å². The van der Waals surface area contributed by atoms with Crippen molar-refractivity contribution in [2.75, 3.05) is 6.61 Å². The van der Waals surface area contributed by atoms with Gasteiger partial charge in [-0.3, -0.25) is 0 Å². The van der Waals surface area contributed by atoms with Gasteiger partial charge < -0.3 is 9.84 Å². The summed E-state index contributed by atoms with van der Waals surface area (Å²) in [6.07, 6.45) is 1.43. The van der Waals surface area contributed by atoms with Crippen LogP contribution in [0.4, 0.5) is 0 Å². The molecular weight excluding hydrogens is 196 g/mol. The summed E-state index contributed by atoms with van der Waals surface area (Å²) in [4.78, 5) is 1.30. The predicted molar refractivity (Wildman–Crippen MR) is 57.7 cm³/mol. The van der Waals surface area contributed by atoms with Gasteiger partial charge in [-0.15, -0.1) is 11.3 Å². The topological polar surface area (TPSA) is 29.5 Å². The lowest BCUT2D eigenvalue weighted by Crippen LogP contribution is -2.38. The van der Waals surface area contributed by atoms with E-state index in [-0.39, 0.29) is 6.10 Å². The molecule has 2 heterocycles. The maximum absolute atomic E-state index is 10.3. The van der Waals surface area contributed by atoms with Gasteiger partial charge in [-0.05, 0) is 30.9 Å². The van der Waals surface area contributed by atoms with Gasteiger partial charge in [0, 0.05) is 24.3 Å². The van der Waals surface area contributed by atoms with Crippen LogP contribution in [0.1, 0.15) is 23.8 Å². The third-order valence-electron chi connectivity index (χ3n) is 2.95. The van der Waals surface area contributed by atoms with E-state index in [9.17, 15) is 5.11 Å². The van der Waals surface area contributed by atoms with Gasteiger partial charge in [0.05, 0.1) is 11.7 Å². The first-order valence-corrected chi connectivity index (χ1v) is 5.86. The predicted octanol–water partition coefficient (Wildman–Crippen LogP) is 2.14. The van der Waals surface area contributed by atoms with Crippen molar-refractivity contribution in [1.29, 1.82) is 0 Å². The second-order valence-electron chi connectivity index (χ2n) is 4.11. The van der Waals surface area contributed by atoms with Crippen LogP contribution < -0.4 is 0 Å². The molecule has 0 spiro atoms. The van der Waals surface area contributed by atoms with Gasteiger partial charge >= 0.3 is 0 Å². The molecule has 2 nitrogen and oxygen atoms in total. The fourth-order valence-corrected chi connectivity index (χ4v) is 2.65. The molecule has 3 heteroatoms. The minimum atomic E-state index is -0.645. The zero-order valence-electron chi connectivity index (χ0n) is 8.62. The Morgan fingerprint density at radius 3 is 3.00 bits per heavy atom. The van der Waals surface area contributed by atoms with Crippen LogP contribution in [0.25, 0.3) is 0 Å². The number of rotatable bonds is 2. The van der Waals surface area contributed by atoms with Crippen molar-refractivity contribution in [2.24, 2.45) is 0 Å². The highest BCUT2D eigenvalue weighted by Gasteiger charge is 2.39. The number of thiophene rings is 1. The fourth-order valence-electron chi connectivity index (χ4n) is 1.95. The molecule has 1 aromatic heterocycles. The largest absolute Gasteiger partial charge is 0.387 e. The summed E-state index contributed by atoms with van der Waals surface area (Å²) in [5, 5.41) is 12.4. The molecule has 78 valence electrons. The van der Waals surface area contributed by atoms with Gasteiger partial charge in [0.1, 0.15) is 0 Å². The summed E-state index contributed by atoms with van der Waals surface area (Å²) in [6.45, 7) is 4.72. The smallest absolute Gasteiger partial charge is 0.0967 e. The first kappa shape index (κ1) is 10.1. The van der Waals surface area contributed by atoms with Crippen molar-refractivity contribution in [1.82, 2.24) is 0 Å². The van der Waals surface area contributed by atoms with E-state index in [4.69, 9.17) is 4.74 Å². The molecule has 1 saturated heterocycles. The van der Waals surface area contributed by atoms with Crippen LogP contribution in [0.2, 0.25) is 0 Å². The van der Waals surface area contributed by atoms with Gasteiger partial charge in [-0.2, -0.15) is 0 Å². The Balaban J connectivity index is 2.10. The molecule has 0 aliphatic carbocycles. The highest BCUT2D eigenvalue weighted by molar-refractivity contribution is 7.10. The Bertz CT molecular complexity index is 321. The van der Waals surface area contributed by atoms with Crippen molar-refractivity contribution >= 4 is 11.3 Å². The highest BCUT2D eigenvalue weighted by atomic mass is 32.1. The standard InChI is InChI=1S/C11H16O2S/c1-8-5-10(7-14-8)6-11(12)3-4-13-9(11)2/h5,7,9,12H,3-4,6H2,1-2H3. The second-order valence-corrected chi connectivity index (χ2v) is 5.22. The molecule has 14 heavy (non-hydrogen) atoms. The van der Waals surface area contributed by atoms with E-state index in [2.05, 4.69) is 18.4 Å². The maximum atomic E-state index is 10.3. The molecule has 0 saturated carbocycles. The van der Waals surface area contributed by atoms with Crippen LogP contribution in [0.3, 0.4) is 0 Å². The van der Waals surface area contributed by atoms with Crippen molar-refractivity contribution in [3.05, 3.63) is 21.9 Å². The van der Waals surface area contributed by atoms with Crippen LogP contribution >= 0.6 is 11.3 Å². The van der Waals surface area contributed by atoms with Crippen LogP contribution in [0.5, 0.6) is 0 Å². The Morgan fingerprint density at radius 2 is 2.50 bits per heavy atom. The van der Waals surface area contributed by atoms with E-state index in [0.717, 1.165) is 12.8 Å². The SMILES string of the molecule is Cc1cc(CC2(O)CCOC2C)cs1. The van der Waals surface area contributed by atoms with E-state index in [1.54, 1.807) is 11.3 Å². The Morgan fingerprint density at radius 1 is 1.71 bits per heavy atom. The van der Waals surface area contributed by atoms with Crippen molar-refractivity contribution < 1.29 is 9.84 Å². The molecule has 0 aromatic carbocycles. The second kappa shape index (κ2) is 3.65. The molecular formula is C11H16O2S. The molecule has 1 fully saturated rings. The van der Waals surface area contributed by atoms with Gasteiger partial charge in [0.25, 0.3) is 0 Å². The van der Waals surface area contributed by atoms with Gasteiger partial charge in [-0.1, -0.05) is 0 Å². The summed E-state index contributed by atoms with van der Waals surface area (Å²) < 4.78 is 5.40. The zero-order valence-corrected chi connectivity index (χ0v) is 9.43. The van der Waals surface area contributed by atoms with E-state index in [1.165, 1.54) is 10.4 Å². The fraction of sp³-hybridized carbons (Fsp3) is 0.636. The molecule has 1 N–H and O–H groups in total. The molecule has 1 aromatic rings. The highest BCUT2D eigenvalue weighted by Crippen LogP contribution is 2.30. The molecule has 2 atom stereocenters. The third kappa shape index (κ3) is 1.85. The summed E-state index contributed by atoms with van der Waals surface area (Å²) in [7, 11) is 0. The summed E-state index contributed by atoms with van der Waals surface area (Å²) >= 11 is 1.74. The van der Waals surface area contributed by atoms with Crippen molar-refractivity contribution in [3.8, 4) is 0 Å². The zero-order chi connectivity index (χ0) is 10.2. The van der Waals surface area contributed by atoms with Gasteiger partial charge in [0.15, 0.2) is 0 Å². The summed E-state index contributed by atoms with van der Waals surface area (Å²) in [5.41, 5.74) is 0.584. The van der Waals surface area contributed by atoms with E-state index in [1.807, 2.05) is 6.92 Å². The first-order chi connectivity index (χ1) is 6.60. The number of ether oxygens (including phenoxy) is 1. The van der Waals surface area contributed by atoms with E-state index in [0.29, 0.717) is 6.61 Å². The Kier molecular flexibility index (Phi) is 2.64. The van der Waals surface area contributed by atoms with Gasteiger partial charge in [-0.25, -0.2) is 0 Å². The molecule has 1 aliphatic rings. The lowest BCUT2D eigenvalue weighted by molar-refractivity contribution is -0.0268. The average molecular weight is 212 g/mol. The maximum Gasteiger partial charge on any atom is 0.0967 e. The van der Waals surface area contributed by atoms with Crippen LogP contribution in [-0.2, 0) is 11.2 Å². The van der Waals surface area contributed by atoms with Crippen LogP contribution in [0, 0.1) is 6.92 Å². The molecule has 0 bridgehead atoms. The lowest BCUT2D eigenvalue weighted by Gasteiger charge is -2.25. The lowest BCUT2D eigenvalue weighted by atomic mass is 9.90. The monoisotopic (exact) mass is 212 g/mol. The quantitative estimate of drug-likeness (QED) is 0.814. The van der Waals surface area contributed by atoms with Crippen LogP contribution in [0.15, 0.2) is 11.4 Å². The normalized spacial score (nSPS) is 32.4. The molecule has 2 unspecified atom stereocenters. The first-order valence-electron chi connectivity index (χ1n) is 4.98. The summed E-state index contributed by atoms with van der Waals surface area (Å²) in [5.74, 6) is 0. The van der Waals surface area contributed by atoms with E-state index < -0.39 is 5.60 Å². The van der Waals surface area contributed by atoms with Crippen molar-refractivity contribution in [3.63, 3.8) is 0 Å². The molecule has 0 radical (unpaired) electrons. The molecule has 0 amide bonds. The number of aryl methyl sites for hydroxylation is 1. The summed E-state index contributed by atoms with van der Waals surface area (Å²) in [6, 6.07) is 2.15.